The SMILES string of the molecule is C#C[Si](C)(C)C.C[Si](C)(C)C#Cc1ccc2c(=O)n3c(nc2c1)CNCC3.O=c1c2ccc(Br)cc2nc2n1CCNC2. The molecule has 8 nitrogen and oxygen atoms in total. The minimum Gasteiger partial charge on any atom is -0.308 e. The van der Waals surface area contributed by atoms with Gasteiger partial charge in [-0.2, -0.15) is 0 Å². The van der Waals surface area contributed by atoms with Gasteiger partial charge in [0.2, 0.25) is 0 Å². The molecule has 0 spiro atoms. The van der Waals surface area contributed by atoms with Crippen LogP contribution in [0.2, 0.25) is 39.3 Å². The number of rotatable bonds is 0. The highest BCUT2D eigenvalue weighted by molar-refractivity contribution is 9.10. The molecule has 4 aromatic rings. The highest BCUT2D eigenvalue weighted by Crippen LogP contribution is 2.17. The van der Waals surface area contributed by atoms with Crippen LogP contribution in [-0.4, -0.2) is 48.3 Å². The predicted octanol–water partition coefficient (Wildman–Crippen LogP) is 4.49. The molecule has 2 N–H and O–H groups in total. The number of hydrogen-bond donors (Lipinski definition) is 2. The third-order valence-electron chi connectivity index (χ3n) is 6.64. The smallest absolute Gasteiger partial charge is 0.261 e. The minimum absolute atomic E-state index is 0.0567. The molecule has 2 aromatic heterocycles. The van der Waals surface area contributed by atoms with E-state index in [4.69, 9.17) is 6.42 Å². The van der Waals surface area contributed by atoms with Crippen LogP contribution in [0.5, 0.6) is 0 Å². The van der Waals surface area contributed by atoms with Crippen molar-refractivity contribution in [2.24, 2.45) is 0 Å². The number of nitrogens with zero attached hydrogens (tertiary/aromatic N) is 4. The third kappa shape index (κ3) is 8.62. The van der Waals surface area contributed by atoms with Gasteiger partial charge < -0.3 is 10.6 Å². The van der Waals surface area contributed by atoms with Gasteiger partial charge in [-0.1, -0.05) is 61.1 Å². The van der Waals surface area contributed by atoms with Crippen molar-refractivity contribution in [1.29, 1.82) is 0 Å². The fraction of sp³-hybridized carbons (Fsp3) is 0.375. The van der Waals surface area contributed by atoms with Crippen LogP contribution >= 0.6 is 15.9 Å². The average molecular weight is 676 g/mol. The number of halogens is 1. The molecule has 0 bridgehead atoms. The summed E-state index contributed by atoms with van der Waals surface area (Å²) in [5, 5.41) is 7.83. The summed E-state index contributed by atoms with van der Waals surface area (Å²) in [6, 6.07) is 11.3. The summed E-state index contributed by atoms with van der Waals surface area (Å²) in [6.45, 7) is 17.4. The maximum absolute atomic E-state index is 12.5. The van der Waals surface area contributed by atoms with E-state index >= 15 is 0 Å². The number of hydrogen-bond acceptors (Lipinski definition) is 6. The van der Waals surface area contributed by atoms with Crippen LogP contribution < -0.4 is 21.8 Å². The van der Waals surface area contributed by atoms with Gasteiger partial charge in [-0.25, -0.2) is 9.97 Å². The fourth-order valence-corrected chi connectivity index (χ4v) is 5.23. The molecule has 0 aliphatic carbocycles. The molecule has 0 atom stereocenters. The summed E-state index contributed by atoms with van der Waals surface area (Å²) < 4.78 is 4.47. The van der Waals surface area contributed by atoms with Crippen molar-refractivity contribution in [3.63, 3.8) is 0 Å². The lowest BCUT2D eigenvalue weighted by Gasteiger charge is -2.18. The first-order valence-corrected chi connectivity index (χ1v) is 22.2. The molecule has 4 heterocycles. The standard InChI is InChI=1S/C16H19N3OSi.C11H10BrN3O.C5H10Si/c1-21(2,3)9-6-12-4-5-13-14(10-12)18-15-11-17-7-8-19(15)16(13)20;12-7-1-2-8-9(5-7)14-10-6-13-3-4-15(10)11(8)16;1-5-6(2,3)4/h4-5,10,17H,7-8,11H2,1-3H3;1-2,5,13H,3-4,6H2;1H,2-4H3. The van der Waals surface area contributed by atoms with E-state index in [1.54, 1.807) is 9.13 Å². The average Bonchev–Trinajstić information content (AvgIpc) is 2.96. The molecular formula is C32H39BrN6O2Si2. The Morgan fingerprint density at radius 3 is 1.77 bits per heavy atom. The van der Waals surface area contributed by atoms with Gasteiger partial charge in [-0.3, -0.25) is 18.7 Å². The first-order valence-electron chi connectivity index (χ1n) is 14.4. The Kier molecular flexibility index (Phi) is 10.3. The van der Waals surface area contributed by atoms with Crippen molar-refractivity contribution < 1.29 is 0 Å². The third-order valence-corrected chi connectivity index (χ3v) is 8.87. The maximum atomic E-state index is 12.5. The van der Waals surface area contributed by atoms with E-state index in [0.29, 0.717) is 37.0 Å². The van der Waals surface area contributed by atoms with Crippen molar-refractivity contribution in [1.82, 2.24) is 29.7 Å². The molecule has 224 valence electrons. The summed E-state index contributed by atoms with van der Waals surface area (Å²) >= 11 is 3.39. The topological polar surface area (TPSA) is 93.8 Å². The van der Waals surface area contributed by atoms with E-state index in [-0.39, 0.29) is 11.1 Å². The summed E-state index contributed by atoms with van der Waals surface area (Å²) in [5.41, 5.74) is 8.65. The normalized spacial score (nSPS) is 14.1. The van der Waals surface area contributed by atoms with E-state index < -0.39 is 16.1 Å². The first-order chi connectivity index (χ1) is 20.3. The van der Waals surface area contributed by atoms with Crippen LogP contribution in [0.3, 0.4) is 0 Å². The summed E-state index contributed by atoms with van der Waals surface area (Å²) in [6.07, 6.45) is 5.12. The fourth-order valence-electron chi connectivity index (χ4n) is 4.36. The highest BCUT2D eigenvalue weighted by atomic mass is 79.9. The Hall–Kier alpha value is -3.33. The lowest BCUT2D eigenvalue weighted by Crippen LogP contribution is -2.37. The van der Waals surface area contributed by atoms with E-state index in [0.717, 1.165) is 45.8 Å². The second-order valence-corrected chi connectivity index (χ2v) is 23.1. The Morgan fingerprint density at radius 1 is 0.791 bits per heavy atom. The molecule has 0 radical (unpaired) electrons. The lowest BCUT2D eigenvalue weighted by atomic mass is 10.1. The summed E-state index contributed by atoms with van der Waals surface area (Å²) in [4.78, 5) is 33.8. The van der Waals surface area contributed by atoms with Crippen molar-refractivity contribution in [2.75, 3.05) is 13.1 Å². The van der Waals surface area contributed by atoms with Gasteiger partial charge >= 0.3 is 0 Å². The van der Waals surface area contributed by atoms with Gasteiger partial charge in [-0.05, 0) is 36.4 Å². The van der Waals surface area contributed by atoms with Crippen LogP contribution in [0.25, 0.3) is 21.8 Å². The molecule has 0 amide bonds. The van der Waals surface area contributed by atoms with E-state index in [2.05, 4.69) is 92.8 Å². The van der Waals surface area contributed by atoms with Gasteiger partial charge in [0.1, 0.15) is 27.8 Å². The highest BCUT2D eigenvalue weighted by Gasteiger charge is 2.15. The molecule has 2 aromatic carbocycles. The number of aromatic nitrogens is 4. The number of terminal acetylenes is 1. The summed E-state index contributed by atoms with van der Waals surface area (Å²) in [7, 11) is -2.50. The van der Waals surface area contributed by atoms with Crippen molar-refractivity contribution in [3.05, 3.63) is 78.8 Å². The van der Waals surface area contributed by atoms with Gasteiger partial charge in [-0.15, -0.1) is 17.5 Å². The van der Waals surface area contributed by atoms with Crippen LogP contribution in [0.4, 0.5) is 0 Å². The molecule has 11 heteroatoms. The van der Waals surface area contributed by atoms with Gasteiger partial charge in [0.15, 0.2) is 0 Å². The zero-order valence-corrected chi connectivity index (χ0v) is 29.4. The molecule has 43 heavy (non-hydrogen) atoms. The molecule has 2 aliphatic heterocycles. The largest absolute Gasteiger partial charge is 0.308 e. The van der Waals surface area contributed by atoms with Gasteiger partial charge in [0.05, 0.1) is 34.9 Å². The van der Waals surface area contributed by atoms with E-state index in [9.17, 15) is 9.59 Å². The molecule has 6 rings (SSSR count). The summed E-state index contributed by atoms with van der Waals surface area (Å²) in [5.74, 6) is 4.86. The van der Waals surface area contributed by atoms with Crippen molar-refractivity contribution >= 4 is 53.9 Å². The Labute approximate surface area is 263 Å². The zero-order chi connectivity index (χ0) is 31.4. The number of benzene rings is 2. The van der Waals surface area contributed by atoms with E-state index in [1.165, 1.54) is 0 Å². The van der Waals surface area contributed by atoms with Crippen molar-refractivity contribution in [3.8, 4) is 23.4 Å². The second-order valence-electron chi connectivity index (χ2n) is 12.6. The predicted molar refractivity (Wildman–Crippen MR) is 186 cm³/mol. The molecule has 0 saturated carbocycles. The molecule has 2 aliphatic rings. The van der Waals surface area contributed by atoms with Gasteiger partial charge in [0, 0.05) is 36.2 Å². The molecule has 0 fully saturated rings. The van der Waals surface area contributed by atoms with Gasteiger partial charge in [0.25, 0.3) is 11.1 Å². The lowest BCUT2D eigenvalue weighted by molar-refractivity contribution is 0.486. The minimum atomic E-state index is -1.40. The van der Waals surface area contributed by atoms with Crippen LogP contribution in [0.1, 0.15) is 17.2 Å². The maximum Gasteiger partial charge on any atom is 0.261 e. The van der Waals surface area contributed by atoms with Crippen molar-refractivity contribution in [2.45, 2.75) is 65.5 Å². The van der Waals surface area contributed by atoms with E-state index in [1.807, 2.05) is 36.4 Å². The number of fused-ring (bicyclic) bond motifs is 4. The monoisotopic (exact) mass is 674 g/mol. The number of nitrogens with one attached hydrogen (secondary N) is 2. The second kappa shape index (κ2) is 13.5. The van der Waals surface area contributed by atoms with Crippen LogP contribution in [0, 0.1) is 23.4 Å². The first kappa shape index (κ1) is 32.6. The quantitative estimate of drug-likeness (QED) is 0.211. The Balaban J connectivity index is 0.000000170. The molecule has 0 unspecified atom stereocenters. The molecule has 0 saturated heterocycles. The zero-order valence-electron chi connectivity index (χ0n) is 25.8. The molecular weight excluding hydrogens is 636 g/mol. The Morgan fingerprint density at radius 2 is 1.28 bits per heavy atom. The van der Waals surface area contributed by atoms with Crippen LogP contribution in [-0.2, 0) is 26.2 Å². The Bertz CT molecular complexity index is 1890. The van der Waals surface area contributed by atoms with Crippen LogP contribution in [0.15, 0.2) is 50.5 Å².